The molecule has 0 saturated heterocycles. The van der Waals surface area contributed by atoms with Gasteiger partial charge in [0, 0.05) is 35.9 Å². The topological polar surface area (TPSA) is 48.1 Å². The molecule has 1 saturated carbocycles. The van der Waals surface area contributed by atoms with Crippen LogP contribution in [0.1, 0.15) is 45.2 Å². The maximum atomic E-state index is 6.48. The standard InChI is InChI=1S/C16H25BrN2O/c1-15(2)6-8-16(20-3,9-7-15)14(18)10-13-5-4-12(17)11-19-13/h4-5,11,14H,6-10,18H2,1-3H3. The van der Waals surface area contributed by atoms with E-state index >= 15 is 0 Å². The first-order valence-electron chi connectivity index (χ1n) is 7.28. The van der Waals surface area contributed by atoms with Crippen molar-refractivity contribution in [2.45, 2.75) is 57.6 Å². The SMILES string of the molecule is COC1(C(N)Cc2ccc(Br)cn2)CCC(C)(C)CC1. The van der Waals surface area contributed by atoms with Crippen molar-refractivity contribution in [3.8, 4) is 0 Å². The summed E-state index contributed by atoms with van der Waals surface area (Å²) >= 11 is 3.41. The van der Waals surface area contributed by atoms with E-state index in [0.29, 0.717) is 5.41 Å². The highest BCUT2D eigenvalue weighted by molar-refractivity contribution is 9.10. The van der Waals surface area contributed by atoms with Crippen molar-refractivity contribution in [3.05, 3.63) is 28.5 Å². The summed E-state index contributed by atoms with van der Waals surface area (Å²) in [6.45, 7) is 4.66. The number of hydrogen-bond donors (Lipinski definition) is 1. The highest BCUT2D eigenvalue weighted by atomic mass is 79.9. The first kappa shape index (κ1) is 15.9. The minimum atomic E-state index is -0.190. The molecule has 4 heteroatoms. The lowest BCUT2D eigenvalue weighted by atomic mass is 9.68. The van der Waals surface area contributed by atoms with Gasteiger partial charge in [-0.15, -0.1) is 0 Å². The van der Waals surface area contributed by atoms with Crippen molar-refractivity contribution in [1.29, 1.82) is 0 Å². The van der Waals surface area contributed by atoms with E-state index in [-0.39, 0.29) is 11.6 Å². The number of methoxy groups -OCH3 is 1. The summed E-state index contributed by atoms with van der Waals surface area (Å²) in [5.41, 5.74) is 7.73. The molecule has 2 rings (SSSR count). The van der Waals surface area contributed by atoms with Crippen LogP contribution in [-0.2, 0) is 11.2 Å². The number of hydrogen-bond acceptors (Lipinski definition) is 3. The second-order valence-electron chi connectivity index (χ2n) is 6.71. The minimum Gasteiger partial charge on any atom is -0.377 e. The van der Waals surface area contributed by atoms with E-state index in [4.69, 9.17) is 10.5 Å². The zero-order valence-corrected chi connectivity index (χ0v) is 14.2. The molecule has 1 fully saturated rings. The Balaban J connectivity index is 2.06. The lowest BCUT2D eigenvalue weighted by Crippen LogP contribution is -2.53. The molecule has 1 aliphatic carbocycles. The lowest BCUT2D eigenvalue weighted by molar-refractivity contribution is -0.0782. The summed E-state index contributed by atoms with van der Waals surface area (Å²) in [6, 6.07) is 4.04. The average Bonchev–Trinajstić information content (AvgIpc) is 2.42. The van der Waals surface area contributed by atoms with Gasteiger partial charge in [-0.1, -0.05) is 13.8 Å². The van der Waals surface area contributed by atoms with Gasteiger partial charge in [0.25, 0.3) is 0 Å². The Hall–Kier alpha value is -0.450. The Morgan fingerprint density at radius 2 is 1.95 bits per heavy atom. The number of aromatic nitrogens is 1. The fraction of sp³-hybridized carbons (Fsp3) is 0.688. The molecule has 0 radical (unpaired) electrons. The monoisotopic (exact) mass is 340 g/mol. The van der Waals surface area contributed by atoms with Crippen LogP contribution >= 0.6 is 15.9 Å². The van der Waals surface area contributed by atoms with Crippen LogP contribution in [0.5, 0.6) is 0 Å². The van der Waals surface area contributed by atoms with E-state index in [1.807, 2.05) is 18.3 Å². The van der Waals surface area contributed by atoms with Crippen LogP contribution in [0, 0.1) is 5.41 Å². The van der Waals surface area contributed by atoms with Gasteiger partial charge in [-0.25, -0.2) is 0 Å². The number of nitrogens with zero attached hydrogens (tertiary/aromatic N) is 1. The fourth-order valence-corrected chi connectivity index (χ4v) is 3.25. The molecule has 1 heterocycles. The molecule has 1 unspecified atom stereocenters. The van der Waals surface area contributed by atoms with Crippen molar-refractivity contribution in [2.75, 3.05) is 7.11 Å². The van der Waals surface area contributed by atoms with E-state index in [9.17, 15) is 0 Å². The average molecular weight is 341 g/mol. The zero-order chi connectivity index (χ0) is 14.8. The Labute approximate surface area is 130 Å². The van der Waals surface area contributed by atoms with Gasteiger partial charge in [0.15, 0.2) is 0 Å². The molecule has 3 nitrogen and oxygen atoms in total. The summed E-state index contributed by atoms with van der Waals surface area (Å²) < 4.78 is 6.86. The summed E-state index contributed by atoms with van der Waals surface area (Å²) in [5, 5.41) is 0. The maximum Gasteiger partial charge on any atom is 0.0833 e. The number of nitrogens with two attached hydrogens (primary N) is 1. The molecular formula is C16H25BrN2O. The van der Waals surface area contributed by atoms with Crippen LogP contribution in [0.4, 0.5) is 0 Å². The van der Waals surface area contributed by atoms with Gasteiger partial charge >= 0.3 is 0 Å². The molecule has 1 aromatic heterocycles. The molecule has 0 amide bonds. The van der Waals surface area contributed by atoms with Gasteiger partial charge in [-0.3, -0.25) is 4.98 Å². The molecule has 1 aliphatic rings. The van der Waals surface area contributed by atoms with E-state index < -0.39 is 0 Å². The Kier molecular flexibility index (Phi) is 4.88. The molecule has 0 spiro atoms. The van der Waals surface area contributed by atoms with E-state index in [1.54, 1.807) is 7.11 Å². The Morgan fingerprint density at radius 3 is 2.45 bits per heavy atom. The van der Waals surface area contributed by atoms with Gasteiger partial charge in [0.2, 0.25) is 0 Å². The largest absolute Gasteiger partial charge is 0.377 e. The maximum absolute atomic E-state index is 6.48. The molecule has 0 bridgehead atoms. The lowest BCUT2D eigenvalue weighted by Gasteiger charge is -2.45. The first-order chi connectivity index (χ1) is 9.37. The molecule has 112 valence electrons. The van der Waals surface area contributed by atoms with Crippen LogP contribution in [0.2, 0.25) is 0 Å². The van der Waals surface area contributed by atoms with Crippen molar-refractivity contribution in [1.82, 2.24) is 4.98 Å². The number of pyridine rings is 1. The van der Waals surface area contributed by atoms with Crippen molar-refractivity contribution in [2.24, 2.45) is 11.1 Å². The summed E-state index contributed by atoms with van der Waals surface area (Å²) in [7, 11) is 1.80. The third-order valence-corrected chi connectivity index (χ3v) is 5.22. The number of ether oxygens (including phenoxy) is 1. The van der Waals surface area contributed by atoms with Crippen molar-refractivity contribution >= 4 is 15.9 Å². The second kappa shape index (κ2) is 6.12. The molecule has 0 aliphatic heterocycles. The third kappa shape index (κ3) is 3.60. The molecular weight excluding hydrogens is 316 g/mol. The first-order valence-corrected chi connectivity index (χ1v) is 8.07. The van der Waals surface area contributed by atoms with Gasteiger partial charge in [0.05, 0.1) is 5.60 Å². The predicted octanol–water partition coefficient (Wildman–Crippen LogP) is 3.70. The minimum absolute atomic E-state index is 0.00252. The van der Waals surface area contributed by atoms with Crippen LogP contribution in [-0.4, -0.2) is 23.7 Å². The highest BCUT2D eigenvalue weighted by Gasteiger charge is 2.42. The molecule has 20 heavy (non-hydrogen) atoms. The van der Waals surface area contributed by atoms with E-state index in [2.05, 4.69) is 34.8 Å². The zero-order valence-electron chi connectivity index (χ0n) is 12.7. The molecule has 2 N–H and O–H groups in total. The molecule has 1 atom stereocenters. The molecule has 1 aromatic rings. The van der Waals surface area contributed by atoms with Crippen LogP contribution < -0.4 is 5.73 Å². The third-order valence-electron chi connectivity index (χ3n) is 4.75. The van der Waals surface area contributed by atoms with Gasteiger partial charge in [-0.05, 0) is 59.2 Å². The Morgan fingerprint density at radius 1 is 1.30 bits per heavy atom. The van der Waals surface area contributed by atoms with Gasteiger partial charge < -0.3 is 10.5 Å². The van der Waals surface area contributed by atoms with Crippen molar-refractivity contribution in [3.63, 3.8) is 0 Å². The van der Waals surface area contributed by atoms with Crippen LogP contribution in [0.25, 0.3) is 0 Å². The van der Waals surface area contributed by atoms with Gasteiger partial charge in [0.1, 0.15) is 0 Å². The highest BCUT2D eigenvalue weighted by Crippen LogP contribution is 2.43. The summed E-state index contributed by atoms with van der Waals surface area (Å²) in [6.07, 6.45) is 7.00. The predicted molar refractivity (Wildman–Crippen MR) is 85.6 cm³/mol. The van der Waals surface area contributed by atoms with E-state index in [1.165, 1.54) is 12.8 Å². The molecule has 0 aromatic carbocycles. The quantitative estimate of drug-likeness (QED) is 0.908. The van der Waals surface area contributed by atoms with Crippen LogP contribution in [0.3, 0.4) is 0 Å². The van der Waals surface area contributed by atoms with Crippen LogP contribution in [0.15, 0.2) is 22.8 Å². The van der Waals surface area contributed by atoms with Gasteiger partial charge in [-0.2, -0.15) is 0 Å². The van der Waals surface area contributed by atoms with E-state index in [0.717, 1.165) is 29.4 Å². The number of rotatable bonds is 4. The van der Waals surface area contributed by atoms with Crippen molar-refractivity contribution < 1.29 is 4.74 Å². The summed E-state index contributed by atoms with van der Waals surface area (Å²) in [5.74, 6) is 0. The normalized spacial score (nSPS) is 22.4. The summed E-state index contributed by atoms with van der Waals surface area (Å²) in [4.78, 5) is 4.42. The smallest absolute Gasteiger partial charge is 0.0833 e. The number of halogens is 1. The Bertz CT molecular complexity index is 434. The second-order valence-corrected chi connectivity index (χ2v) is 7.63. The fourth-order valence-electron chi connectivity index (χ4n) is 3.01.